The third-order valence-corrected chi connectivity index (χ3v) is 1.63. The summed E-state index contributed by atoms with van der Waals surface area (Å²) in [6.07, 6.45) is -3.07. The van der Waals surface area contributed by atoms with Crippen molar-refractivity contribution < 1.29 is 18.4 Å². The van der Waals surface area contributed by atoms with Crippen LogP contribution in [0, 0.1) is 0 Å². The largest absolute Gasteiger partial charge is 0.366 e. The summed E-state index contributed by atoms with van der Waals surface area (Å²) in [5.74, 6) is -2.07. The normalized spacial score (nSPS) is 10.2. The molecule has 0 aliphatic rings. The Bertz CT molecular complexity index is 377. The molecule has 5 heteroatoms. The first-order valence-electron chi connectivity index (χ1n) is 3.74. The van der Waals surface area contributed by atoms with Gasteiger partial charge in [0.25, 0.3) is 0 Å². The van der Waals surface area contributed by atoms with E-state index in [1.807, 2.05) is 0 Å². The lowest BCUT2D eigenvalue weighted by Gasteiger charge is -2.00. The second-order valence-electron chi connectivity index (χ2n) is 2.61. The van der Waals surface area contributed by atoms with E-state index in [1.165, 1.54) is 18.2 Å². The second kappa shape index (κ2) is 3.95. The quantitative estimate of drug-likeness (QED) is 0.744. The Labute approximate surface area is 78.5 Å². The molecule has 1 rings (SSSR count). The molecular weight excluding hydrogens is 192 g/mol. The van der Waals surface area contributed by atoms with Crippen LogP contribution in [-0.2, 0) is 0 Å². The molecule has 0 saturated heterocycles. The molecule has 0 bridgehead atoms. The number of hydrogen-bond acceptors (Lipinski definition) is 2. The molecule has 1 amide bonds. The van der Waals surface area contributed by atoms with Crippen molar-refractivity contribution >= 4 is 11.7 Å². The zero-order chi connectivity index (χ0) is 10.7. The number of amides is 1. The van der Waals surface area contributed by atoms with Gasteiger partial charge in [-0.25, -0.2) is 8.78 Å². The summed E-state index contributed by atoms with van der Waals surface area (Å²) in [6, 6.07) is 4.94. The standard InChI is InChI=1S/C9H7F2NO2/c10-8(11)7(13)5-2-1-3-6(4-5)9(12)14/h1-4,8H,(H2,12,14). The van der Waals surface area contributed by atoms with Crippen LogP contribution in [0.2, 0.25) is 0 Å². The van der Waals surface area contributed by atoms with Gasteiger partial charge < -0.3 is 5.73 Å². The molecule has 2 N–H and O–H groups in total. The van der Waals surface area contributed by atoms with E-state index in [0.29, 0.717) is 0 Å². The van der Waals surface area contributed by atoms with Gasteiger partial charge in [0.1, 0.15) is 0 Å². The Balaban J connectivity index is 3.06. The molecule has 0 unspecified atom stereocenters. The monoisotopic (exact) mass is 199 g/mol. The number of rotatable bonds is 3. The first kappa shape index (κ1) is 10.3. The number of halogens is 2. The van der Waals surface area contributed by atoms with Crippen LogP contribution in [0.1, 0.15) is 20.7 Å². The van der Waals surface area contributed by atoms with Gasteiger partial charge >= 0.3 is 6.43 Å². The molecule has 1 aromatic rings. The van der Waals surface area contributed by atoms with Crippen molar-refractivity contribution in [2.45, 2.75) is 6.43 Å². The lowest BCUT2D eigenvalue weighted by Crippen LogP contribution is -2.14. The number of Topliss-reactive ketones (excluding diaryl/α,β-unsaturated/α-hetero) is 1. The summed E-state index contributed by atoms with van der Waals surface area (Å²) in [6.45, 7) is 0. The fourth-order valence-corrected chi connectivity index (χ4v) is 0.952. The molecule has 0 saturated carbocycles. The van der Waals surface area contributed by atoms with E-state index in [9.17, 15) is 18.4 Å². The summed E-state index contributed by atoms with van der Waals surface area (Å²) < 4.78 is 24.0. The van der Waals surface area contributed by atoms with Crippen molar-refractivity contribution in [1.82, 2.24) is 0 Å². The average Bonchev–Trinajstić information content (AvgIpc) is 2.16. The summed E-state index contributed by atoms with van der Waals surface area (Å²) in [4.78, 5) is 21.5. The van der Waals surface area contributed by atoms with E-state index >= 15 is 0 Å². The zero-order valence-electron chi connectivity index (χ0n) is 7.04. The van der Waals surface area contributed by atoms with Crippen molar-refractivity contribution in [2.75, 3.05) is 0 Å². The zero-order valence-corrected chi connectivity index (χ0v) is 7.04. The number of hydrogen-bond donors (Lipinski definition) is 1. The van der Waals surface area contributed by atoms with Crippen LogP contribution in [0.15, 0.2) is 24.3 Å². The van der Waals surface area contributed by atoms with Crippen LogP contribution in [0.3, 0.4) is 0 Å². The van der Waals surface area contributed by atoms with Crippen LogP contribution in [0.5, 0.6) is 0 Å². The lowest BCUT2D eigenvalue weighted by molar-refractivity contribution is 0.0678. The fourth-order valence-electron chi connectivity index (χ4n) is 0.952. The molecule has 3 nitrogen and oxygen atoms in total. The van der Waals surface area contributed by atoms with Gasteiger partial charge in [-0.05, 0) is 12.1 Å². The highest BCUT2D eigenvalue weighted by Gasteiger charge is 2.18. The van der Waals surface area contributed by atoms with Gasteiger partial charge in [-0.15, -0.1) is 0 Å². The Kier molecular flexibility index (Phi) is 2.91. The van der Waals surface area contributed by atoms with E-state index in [1.54, 1.807) is 0 Å². The molecule has 0 radical (unpaired) electrons. The molecule has 0 atom stereocenters. The number of carbonyl (C=O) groups is 2. The minimum Gasteiger partial charge on any atom is -0.366 e. The number of benzene rings is 1. The van der Waals surface area contributed by atoms with Crippen molar-refractivity contribution in [3.8, 4) is 0 Å². The van der Waals surface area contributed by atoms with Crippen LogP contribution >= 0.6 is 0 Å². The Morgan fingerprint density at radius 3 is 2.29 bits per heavy atom. The SMILES string of the molecule is NC(=O)c1cccc(C(=O)C(F)F)c1. The Hall–Kier alpha value is -1.78. The highest BCUT2D eigenvalue weighted by Crippen LogP contribution is 2.09. The van der Waals surface area contributed by atoms with Gasteiger partial charge in [-0.2, -0.15) is 0 Å². The Morgan fingerprint density at radius 2 is 1.79 bits per heavy atom. The van der Waals surface area contributed by atoms with E-state index < -0.39 is 18.1 Å². The molecule has 0 aromatic heterocycles. The first-order valence-corrected chi connectivity index (χ1v) is 3.74. The van der Waals surface area contributed by atoms with Gasteiger partial charge in [0.05, 0.1) is 0 Å². The van der Waals surface area contributed by atoms with Gasteiger partial charge in [-0.3, -0.25) is 9.59 Å². The molecule has 14 heavy (non-hydrogen) atoms. The molecule has 0 aliphatic heterocycles. The fraction of sp³-hybridized carbons (Fsp3) is 0.111. The van der Waals surface area contributed by atoms with E-state index in [4.69, 9.17) is 5.73 Å². The molecule has 0 fully saturated rings. The summed E-state index contributed by atoms with van der Waals surface area (Å²) in [5, 5.41) is 0. The molecule has 74 valence electrons. The minimum absolute atomic E-state index is 0.0384. The molecule has 0 heterocycles. The average molecular weight is 199 g/mol. The summed E-state index contributed by atoms with van der Waals surface area (Å²) in [7, 11) is 0. The van der Waals surface area contributed by atoms with Crippen molar-refractivity contribution in [3.63, 3.8) is 0 Å². The summed E-state index contributed by atoms with van der Waals surface area (Å²) >= 11 is 0. The highest BCUT2D eigenvalue weighted by molar-refractivity contribution is 6.01. The van der Waals surface area contributed by atoms with Crippen LogP contribution in [0.4, 0.5) is 8.78 Å². The number of ketones is 1. The van der Waals surface area contributed by atoms with Gasteiger partial charge in [0.15, 0.2) is 0 Å². The van der Waals surface area contributed by atoms with E-state index in [0.717, 1.165) is 6.07 Å². The number of primary amides is 1. The molecule has 0 aliphatic carbocycles. The third kappa shape index (κ3) is 2.12. The minimum atomic E-state index is -3.07. The molecular formula is C9H7F2NO2. The van der Waals surface area contributed by atoms with Gasteiger partial charge in [0.2, 0.25) is 11.7 Å². The number of nitrogens with two attached hydrogens (primary N) is 1. The first-order chi connectivity index (χ1) is 6.52. The number of carbonyl (C=O) groups excluding carboxylic acids is 2. The van der Waals surface area contributed by atoms with Crippen LogP contribution < -0.4 is 5.73 Å². The Morgan fingerprint density at radius 1 is 1.21 bits per heavy atom. The maximum Gasteiger partial charge on any atom is 0.300 e. The van der Waals surface area contributed by atoms with Crippen LogP contribution in [-0.4, -0.2) is 18.1 Å². The van der Waals surface area contributed by atoms with Crippen molar-refractivity contribution in [3.05, 3.63) is 35.4 Å². The smallest absolute Gasteiger partial charge is 0.300 e. The lowest BCUT2D eigenvalue weighted by atomic mass is 10.1. The maximum absolute atomic E-state index is 12.0. The van der Waals surface area contributed by atoms with Crippen molar-refractivity contribution in [1.29, 1.82) is 0 Å². The highest BCUT2D eigenvalue weighted by atomic mass is 19.3. The predicted molar refractivity (Wildman–Crippen MR) is 45.3 cm³/mol. The van der Waals surface area contributed by atoms with Gasteiger partial charge in [-0.1, -0.05) is 12.1 Å². The van der Waals surface area contributed by atoms with Crippen molar-refractivity contribution in [2.24, 2.45) is 5.73 Å². The van der Waals surface area contributed by atoms with E-state index in [-0.39, 0.29) is 11.1 Å². The molecule has 1 aromatic carbocycles. The van der Waals surface area contributed by atoms with E-state index in [2.05, 4.69) is 0 Å². The topological polar surface area (TPSA) is 60.2 Å². The predicted octanol–water partition coefficient (Wildman–Crippen LogP) is 1.23. The summed E-state index contributed by atoms with van der Waals surface area (Å²) in [5.41, 5.74) is 4.75. The second-order valence-corrected chi connectivity index (χ2v) is 2.61. The number of alkyl halides is 2. The molecule has 0 spiro atoms. The third-order valence-electron chi connectivity index (χ3n) is 1.63. The van der Waals surface area contributed by atoms with Crippen LogP contribution in [0.25, 0.3) is 0 Å². The van der Waals surface area contributed by atoms with Gasteiger partial charge in [0, 0.05) is 11.1 Å². The maximum atomic E-state index is 12.0.